The number of hydrogen-bond donors (Lipinski definition) is 2. The fourth-order valence-corrected chi connectivity index (χ4v) is 2.75. The number of halogens is 1. The highest BCUT2D eigenvalue weighted by molar-refractivity contribution is 5.80. The Morgan fingerprint density at radius 2 is 2.00 bits per heavy atom. The molecule has 0 fully saturated rings. The molecule has 3 rings (SSSR count). The SMILES string of the molecule is CN=C(NCCc1cccc(F)c1)NCc1nc2ccccc2n1C. The van der Waals surface area contributed by atoms with Crippen molar-refractivity contribution in [1.29, 1.82) is 0 Å². The maximum absolute atomic E-state index is 13.2. The molecule has 0 spiro atoms. The molecule has 0 bridgehead atoms. The predicted octanol–water partition coefficient (Wildman–Crippen LogP) is 2.62. The molecule has 0 radical (unpaired) electrons. The van der Waals surface area contributed by atoms with Gasteiger partial charge in [-0.05, 0) is 36.2 Å². The predicted molar refractivity (Wildman–Crippen MR) is 99.0 cm³/mol. The van der Waals surface area contributed by atoms with Gasteiger partial charge in [0.15, 0.2) is 5.96 Å². The summed E-state index contributed by atoms with van der Waals surface area (Å²) in [6, 6.07) is 14.7. The Hall–Kier alpha value is -2.89. The number of hydrogen-bond acceptors (Lipinski definition) is 2. The number of para-hydroxylation sites is 2. The first kappa shape index (κ1) is 17.0. The van der Waals surface area contributed by atoms with Crippen molar-refractivity contribution in [3.8, 4) is 0 Å². The molecule has 0 aliphatic heterocycles. The fourth-order valence-electron chi connectivity index (χ4n) is 2.75. The fraction of sp³-hybridized carbons (Fsp3) is 0.263. The molecule has 2 N–H and O–H groups in total. The van der Waals surface area contributed by atoms with E-state index in [1.54, 1.807) is 19.2 Å². The molecule has 130 valence electrons. The molecule has 5 nitrogen and oxygen atoms in total. The number of benzene rings is 2. The van der Waals surface area contributed by atoms with E-state index in [-0.39, 0.29) is 5.82 Å². The monoisotopic (exact) mass is 339 g/mol. The van der Waals surface area contributed by atoms with Crippen LogP contribution >= 0.6 is 0 Å². The van der Waals surface area contributed by atoms with Crippen LogP contribution in [-0.4, -0.2) is 29.1 Å². The average Bonchev–Trinajstić information content (AvgIpc) is 2.94. The van der Waals surface area contributed by atoms with E-state index in [1.165, 1.54) is 6.07 Å². The summed E-state index contributed by atoms with van der Waals surface area (Å²) in [5.41, 5.74) is 3.04. The Morgan fingerprint density at radius 3 is 2.76 bits per heavy atom. The Kier molecular flexibility index (Phi) is 5.28. The Bertz CT molecular complexity index is 884. The van der Waals surface area contributed by atoms with Crippen LogP contribution in [0.4, 0.5) is 4.39 Å². The van der Waals surface area contributed by atoms with E-state index < -0.39 is 0 Å². The lowest BCUT2D eigenvalue weighted by Crippen LogP contribution is -2.38. The van der Waals surface area contributed by atoms with E-state index in [0.29, 0.717) is 19.0 Å². The summed E-state index contributed by atoms with van der Waals surface area (Å²) < 4.78 is 15.3. The third kappa shape index (κ3) is 4.15. The maximum Gasteiger partial charge on any atom is 0.191 e. The highest BCUT2D eigenvalue weighted by Crippen LogP contribution is 2.13. The van der Waals surface area contributed by atoms with Crippen LogP contribution in [0.3, 0.4) is 0 Å². The molecule has 2 aromatic carbocycles. The van der Waals surface area contributed by atoms with Crippen LogP contribution in [0.2, 0.25) is 0 Å². The summed E-state index contributed by atoms with van der Waals surface area (Å²) in [6.07, 6.45) is 0.727. The summed E-state index contributed by atoms with van der Waals surface area (Å²) in [4.78, 5) is 8.85. The van der Waals surface area contributed by atoms with Gasteiger partial charge in [-0.2, -0.15) is 0 Å². The third-order valence-electron chi connectivity index (χ3n) is 4.11. The number of nitrogens with one attached hydrogen (secondary N) is 2. The Morgan fingerprint density at radius 1 is 1.16 bits per heavy atom. The minimum atomic E-state index is -0.207. The van der Waals surface area contributed by atoms with Crippen molar-refractivity contribution in [3.05, 3.63) is 65.7 Å². The number of guanidine groups is 1. The first-order valence-corrected chi connectivity index (χ1v) is 8.26. The van der Waals surface area contributed by atoms with Crippen molar-refractivity contribution in [2.75, 3.05) is 13.6 Å². The number of fused-ring (bicyclic) bond motifs is 1. The van der Waals surface area contributed by atoms with Gasteiger partial charge in [0.05, 0.1) is 17.6 Å². The van der Waals surface area contributed by atoms with Crippen molar-refractivity contribution in [2.24, 2.45) is 12.0 Å². The summed E-state index contributed by atoms with van der Waals surface area (Å²) in [6.45, 7) is 1.25. The van der Waals surface area contributed by atoms with Gasteiger partial charge in [-0.15, -0.1) is 0 Å². The van der Waals surface area contributed by atoms with E-state index in [0.717, 1.165) is 28.8 Å². The lowest BCUT2D eigenvalue weighted by Gasteiger charge is -2.12. The molecule has 0 aliphatic rings. The number of imidazole rings is 1. The second kappa shape index (κ2) is 7.79. The number of aromatic nitrogens is 2. The van der Waals surface area contributed by atoms with Gasteiger partial charge in [-0.3, -0.25) is 4.99 Å². The van der Waals surface area contributed by atoms with E-state index >= 15 is 0 Å². The minimum absolute atomic E-state index is 0.207. The number of aliphatic imine (C=N–C) groups is 1. The molecule has 6 heteroatoms. The van der Waals surface area contributed by atoms with Crippen molar-refractivity contribution < 1.29 is 4.39 Å². The normalized spacial score (nSPS) is 11.7. The lowest BCUT2D eigenvalue weighted by atomic mass is 10.1. The number of rotatable bonds is 5. The second-order valence-electron chi connectivity index (χ2n) is 5.81. The molecule has 0 unspecified atom stereocenters. The molecule has 0 saturated carbocycles. The molecule has 0 aliphatic carbocycles. The van der Waals surface area contributed by atoms with Crippen LogP contribution in [0.5, 0.6) is 0 Å². The third-order valence-corrected chi connectivity index (χ3v) is 4.11. The highest BCUT2D eigenvalue weighted by atomic mass is 19.1. The number of aryl methyl sites for hydroxylation is 1. The van der Waals surface area contributed by atoms with Gasteiger partial charge in [0.25, 0.3) is 0 Å². The van der Waals surface area contributed by atoms with E-state index in [4.69, 9.17) is 0 Å². The van der Waals surface area contributed by atoms with Gasteiger partial charge < -0.3 is 15.2 Å². The lowest BCUT2D eigenvalue weighted by molar-refractivity contribution is 0.625. The van der Waals surface area contributed by atoms with Crippen LogP contribution in [0.15, 0.2) is 53.5 Å². The number of nitrogens with zero attached hydrogens (tertiary/aromatic N) is 3. The topological polar surface area (TPSA) is 54.2 Å². The largest absolute Gasteiger partial charge is 0.356 e. The molecule has 0 saturated heterocycles. The summed E-state index contributed by atoms with van der Waals surface area (Å²) in [7, 11) is 3.74. The van der Waals surface area contributed by atoms with Crippen LogP contribution in [-0.2, 0) is 20.0 Å². The van der Waals surface area contributed by atoms with Crippen molar-refractivity contribution in [1.82, 2.24) is 20.2 Å². The van der Waals surface area contributed by atoms with E-state index in [2.05, 4.69) is 31.2 Å². The van der Waals surface area contributed by atoms with Crippen LogP contribution in [0.25, 0.3) is 11.0 Å². The standard InChI is InChI=1S/C19H22FN5/c1-21-19(22-11-10-14-6-5-7-15(20)12-14)23-13-18-24-16-8-3-4-9-17(16)25(18)2/h3-9,12H,10-11,13H2,1-2H3,(H2,21,22,23). The second-order valence-corrected chi connectivity index (χ2v) is 5.81. The van der Waals surface area contributed by atoms with E-state index in [9.17, 15) is 4.39 Å². The van der Waals surface area contributed by atoms with Gasteiger partial charge >= 0.3 is 0 Å². The average molecular weight is 339 g/mol. The zero-order valence-corrected chi connectivity index (χ0v) is 14.5. The van der Waals surface area contributed by atoms with Crippen molar-refractivity contribution in [3.63, 3.8) is 0 Å². The molecule has 1 heterocycles. The molecular weight excluding hydrogens is 317 g/mol. The zero-order valence-electron chi connectivity index (χ0n) is 14.5. The van der Waals surface area contributed by atoms with Crippen LogP contribution in [0, 0.1) is 5.82 Å². The first-order chi connectivity index (χ1) is 12.2. The Labute approximate surface area is 146 Å². The zero-order chi connectivity index (χ0) is 17.6. The summed E-state index contributed by atoms with van der Waals surface area (Å²) >= 11 is 0. The van der Waals surface area contributed by atoms with Crippen LogP contribution in [0.1, 0.15) is 11.4 Å². The molecule has 0 atom stereocenters. The summed E-state index contributed by atoms with van der Waals surface area (Å²) in [5.74, 6) is 1.43. The smallest absolute Gasteiger partial charge is 0.191 e. The highest BCUT2D eigenvalue weighted by Gasteiger charge is 2.07. The molecule has 0 amide bonds. The van der Waals surface area contributed by atoms with Gasteiger partial charge in [0, 0.05) is 20.6 Å². The van der Waals surface area contributed by atoms with Crippen LogP contribution < -0.4 is 10.6 Å². The van der Waals surface area contributed by atoms with Crippen molar-refractivity contribution >= 4 is 17.0 Å². The molecule has 3 aromatic rings. The molecule has 25 heavy (non-hydrogen) atoms. The van der Waals surface area contributed by atoms with Gasteiger partial charge in [0.1, 0.15) is 11.6 Å². The van der Waals surface area contributed by atoms with Gasteiger partial charge in [0.2, 0.25) is 0 Å². The minimum Gasteiger partial charge on any atom is -0.356 e. The molecule has 1 aromatic heterocycles. The quantitative estimate of drug-likeness (QED) is 0.555. The van der Waals surface area contributed by atoms with Crippen molar-refractivity contribution in [2.45, 2.75) is 13.0 Å². The summed E-state index contributed by atoms with van der Waals surface area (Å²) in [5, 5.41) is 6.51. The van der Waals surface area contributed by atoms with Gasteiger partial charge in [-0.1, -0.05) is 24.3 Å². The van der Waals surface area contributed by atoms with E-state index in [1.807, 2.05) is 31.3 Å². The van der Waals surface area contributed by atoms with Gasteiger partial charge in [-0.25, -0.2) is 9.37 Å². The Balaban J connectivity index is 1.54. The first-order valence-electron chi connectivity index (χ1n) is 8.26. The maximum atomic E-state index is 13.2. The molecular formula is C19H22FN5.